The summed E-state index contributed by atoms with van der Waals surface area (Å²) in [5.74, 6) is -0.776. The van der Waals surface area contributed by atoms with Gasteiger partial charge < -0.3 is 15.4 Å². The largest absolute Gasteiger partial charge is 0.481 e. The molecule has 26 heavy (non-hydrogen) atoms. The minimum Gasteiger partial charge on any atom is -0.481 e. The lowest BCUT2D eigenvalue weighted by molar-refractivity contribution is -0.133. The maximum atomic E-state index is 12.3. The molecule has 0 aliphatic heterocycles. The fourth-order valence-corrected chi connectivity index (χ4v) is 2.69. The number of thioether (sulfide) groups is 1. The number of nitrogens with one attached hydrogen (secondary N) is 2. The second-order valence-electron chi connectivity index (χ2n) is 5.29. The zero-order valence-electron chi connectivity index (χ0n) is 13.5. The van der Waals surface area contributed by atoms with Crippen molar-refractivity contribution in [3.05, 3.63) is 59.9 Å². The van der Waals surface area contributed by atoms with Crippen molar-refractivity contribution in [3.63, 3.8) is 0 Å². The zero-order chi connectivity index (χ0) is 18.4. The number of aromatic amines is 1. The van der Waals surface area contributed by atoms with Gasteiger partial charge >= 0.3 is 5.97 Å². The third kappa shape index (κ3) is 4.67. The Morgan fingerprint density at radius 1 is 1.19 bits per heavy atom. The Bertz CT molecular complexity index is 914. The van der Waals surface area contributed by atoms with E-state index in [1.807, 2.05) is 12.1 Å². The molecule has 0 radical (unpaired) electrons. The summed E-state index contributed by atoms with van der Waals surface area (Å²) < 4.78 is 0. The number of amides is 1. The van der Waals surface area contributed by atoms with Gasteiger partial charge in [0.1, 0.15) is 0 Å². The van der Waals surface area contributed by atoms with Gasteiger partial charge in [-0.05, 0) is 23.8 Å². The number of pyridine rings is 1. The average molecular weight is 369 g/mol. The zero-order valence-corrected chi connectivity index (χ0v) is 14.4. The standard InChI is InChI=1S/C17H15N5O3S/c23-14(24)10-26-17-20-15(21-22-17)12-4-1-5-13(7-12)16(25)19-9-11-3-2-6-18-8-11/h1-8H,9-10H2,(H,19,25)(H,23,24)(H,20,21,22). The van der Waals surface area contributed by atoms with Crippen LogP contribution in [0.1, 0.15) is 15.9 Å². The summed E-state index contributed by atoms with van der Waals surface area (Å²) in [5, 5.41) is 19.8. The van der Waals surface area contributed by atoms with Crippen LogP contribution in [0.5, 0.6) is 0 Å². The van der Waals surface area contributed by atoms with E-state index >= 15 is 0 Å². The smallest absolute Gasteiger partial charge is 0.313 e. The molecule has 1 amide bonds. The molecule has 2 heterocycles. The van der Waals surface area contributed by atoms with Gasteiger partial charge in [-0.2, -0.15) is 0 Å². The van der Waals surface area contributed by atoms with Crippen LogP contribution in [0.3, 0.4) is 0 Å². The first kappa shape index (κ1) is 17.6. The Morgan fingerprint density at radius 2 is 2.08 bits per heavy atom. The minimum absolute atomic E-state index is 0.106. The summed E-state index contributed by atoms with van der Waals surface area (Å²) in [4.78, 5) is 29.9. The van der Waals surface area contributed by atoms with Crippen LogP contribution in [0, 0.1) is 0 Å². The Morgan fingerprint density at radius 3 is 2.85 bits per heavy atom. The Labute approximate surface area is 153 Å². The second-order valence-corrected chi connectivity index (χ2v) is 6.25. The highest BCUT2D eigenvalue weighted by Gasteiger charge is 2.11. The summed E-state index contributed by atoms with van der Waals surface area (Å²) in [6, 6.07) is 10.6. The molecule has 0 aliphatic rings. The van der Waals surface area contributed by atoms with E-state index in [9.17, 15) is 9.59 Å². The predicted octanol–water partition coefficient (Wildman–Crippen LogP) is 1.97. The third-order valence-electron chi connectivity index (χ3n) is 3.37. The number of carboxylic acids is 1. The molecule has 132 valence electrons. The highest BCUT2D eigenvalue weighted by molar-refractivity contribution is 7.99. The molecule has 0 saturated carbocycles. The molecule has 3 N–H and O–H groups in total. The molecular formula is C17H15N5O3S. The lowest BCUT2D eigenvalue weighted by Crippen LogP contribution is -2.22. The van der Waals surface area contributed by atoms with E-state index in [4.69, 9.17) is 5.11 Å². The molecular weight excluding hydrogens is 354 g/mol. The number of benzene rings is 1. The van der Waals surface area contributed by atoms with Crippen molar-refractivity contribution in [2.24, 2.45) is 0 Å². The maximum Gasteiger partial charge on any atom is 0.313 e. The molecule has 0 unspecified atom stereocenters. The molecule has 3 aromatic rings. The van der Waals surface area contributed by atoms with Crippen LogP contribution in [-0.4, -0.2) is 42.9 Å². The number of aromatic nitrogens is 4. The number of nitrogens with zero attached hydrogens (tertiary/aromatic N) is 3. The average Bonchev–Trinajstić information content (AvgIpc) is 3.14. The normalized spacial score (nSPS) is 10.5. The monoisotopic (exact) mass is 369 g/mol. The van der Waals surface area contributed by atoms with E-state index in [-0.39, 0.29) is 11.7 Å². The number of hydrogen-bond donors (Lipinski definition) is 3. The molecule has 9 heteroatoms. The van der Waals surface area contributed by atoms with Gasteiger partial charge in [0, 0.05) is 30.1 Å². The molecule has 2 aromatic heterocycles. The minimum atomic E-state index is -0.930. The van der Waals surface area contributed by atoms with Crippen LogP contribution in [0.4, 0.5) is 0 Å². The van der Waals surface area contributed by atoms with Crippen LogP contribution < -0.4 is 5.32 Å². The molecule has 0 saturated heterocycles. The summed E-state index contributed by atoms with van der Waals surface area (Å²) in [7, 11) is 0. The van der Waals surface area contributed by atoms with Crippen LogP contribution in [-0.2, 0) is 11.3 Å². The third-order valence-corrected chi connectivity index (χ3v) is 4.22. The molecule has 0 fully saturated rings. The van der Waals surface area contributed by atoms with Crippen LogP contribution in [0.2, 0.25) is 0 Å². The van der Waals surface area contributed by atoms with Crippen LogP contribution in [0.25, 0.3) is 11.4 Å². The predicted molar refractivity (Wildman–Crippen MR) is 95.6 cm³/mol. The quantitative estimate of drug-likeness (QED) is 0.544. The topological polar surface area (TPSA) is 121 Å². The number of aliphatic carboxylic acids is 1. The summed E-state index contributed by atoms with van der Waals surface area (Å²) >= 11 is 1.05. The molecule has 0 aliphatic carbocycles. The van der Waals surface area contributed by atoms with E-state index in [2.05, 4.69) is 25.5 Å². The first-order valence-corrected chi connectivity index (χ1v) is 8.65. The molecule has 3 rings (SSSR count). The second kappa shape index (κ2) is 8.26. The van der Waals surface area contributed by atoms with E-state index in [1.165, 1.54) is 0 Å². The Kier molecular flexibility index (Phi) is 5.59. The number of carbonyl (C=O) groups is 2. The first-order chi connectivity index (χ1) is 12.6. The van der Waals surface area contributed by atoms with E-state index in [0.29, 0.717) is 28.7 Å². The fraction of sp³-hybridized carbons (Fsp3) is 0.118. The fourth-order valence-electron chi connectivity index (χ4n) is 2.17. The Balaban J connectivity index is 1.67. The van der Waals surface area contributed by atoms with Crippen molar-refractivity contribution in [1.82, 2.24) is 25.5 Å². The van der Waals surface area contributed by atoms with Gasteiger partial charge in [0.15, 0.2) is 11.0 Å². The van der Waals surface area contributed by atoms with Gasteiger partial charge in [0.05, 0.1) is 5.75 Å². The number of carboxylic acid groups (broad SMARTS) is 1. The van der Waals surface area contributed by atoms with Gasteiger partial charge in [-0.3, -0.25) is 14.6 Å². The number of H-pyrrole nitrogens is 1. The van der Waals surface area contributed by atoms with Gasteiger partial charge in [-0.15, -0.1) is 10.2 Å². The number of rotatable bonds is 7. The van der Waals surface area contributed by atoms with Crippen molar-refractivity contribution < 1.29 is 14.7 Å². The van der Waals surface area contributed by atoms with Crippen LogP contribution >= 0.6 is 11.8 Å². The van der Waals surface area contributed by atoms with Crippen molar-refractivity contribution >= 4 is 23.6 Å². The molecule has 0 bridgehead atoms. The first-order valence-electron chi connectivity index (χ1n) is 7.66. The lowest BCUT2D eigenvalue weighted by atomic mass is 10.1. The van der Waals surface area contributed by atoms with Gasteiger partial charge in [-0.1, -0.05) is 30.0 Å². The van der Waals surface area contributed by atoms with Crippen molar-refractivity contribution in [2.75, 3.05) is 5.75 Å². The van der Waals surface area contributed by atoms with Gasteiger partial charge in [0.2, 0.25) is 0 Å². The van der Waals surface area contributed by atoms with Crippen molar-refractivity contribution in [1.29, 1.82) is 0 Å². The molecule has 1 aromatic carbocycles. The molecule has 0 atom stereocenters. The van der Waals surface area contributed by atoms with Crippen molar-refractivity contribution in [2.45, 2.75) is 11.7 Å². The Hall–Kier alpha value is -3.20. The summed E-state index contributed by atoms with van der Waals surface area (Å²) in [6.07, 6.45) is 3.37. The maximum absolute atomic E-state index is 12.3. The highest BCUT2D eigenvalue weighted by atomic mass is 32.2. The van der Waals surface area contributed by atoms with E-state index < -0.39 is 5.97 Å². The van der Waals surface area contributed by atoms with Gasteiger partial charge in [0.25, 0.3) is 5.91 Å². The SMILES string of the molecule is O=C(O)CSc1nnc(-c2cccc(C(=O)NCc3cccnc3)c2)[nH]1. The van der Waals surface area contributed by atoms with E-state index in [1.54, 1.807) is 36.7 Å². The number of carbonyl (C=O) groups excluding carboxylic acids is 1. The van der Waals surface area contributed by atoms with Crippen LogP contribution in [0.15, 0.2) is 53.9 Å². The molecule has 0 spiro atoms. The highest BCUT2D eigenvalue weighted by Crippen LogP contribution is 2.20. The van der Waals surface area contributed by atoms with E-state index in [0.717, 1.165) is 17.3 Å². The summed E-state index contributed by atoms with van der Waals surface area (Å²) in [6.45, 7) is 0.384. The summed E-state index contributed by atoms with van der Waals surface area (Å²) in [5.41, 5.74) is 2.09. The van der Waals surface area contributed by atoms with Crippen molar-refractivity contribution in [3.8, 4) is 11.4 Å². The molecule has 8 nitrogen and oxygen atoms in total. The lowest BCUT2D eigenvalue weighted by Gasteiger charge is -2.06. The number of hydrogen-bond acceptors (Lipinski definition) is 6. The van der Waals surface area contributed by atoms with Gasteiger partial charge in [-0.25, -0.2) is 0 Å².